The molecule has 3 aromatic rings. The second-order valence-corrected chi connectivity index (χ2v) is 6.83. The Labute approximate surface area is 174 Å². The van der Waals surface area contributed by atoms with Gasteiger partial charge in [-0.3, -0.25) is 9.48 Å². The zero-order chi connectivity index (χ0) is 21.0. The van der Waals surface area contributed by atoms with E-state index in [0.717, 1.165) is 0 Å². The number of anilines is 1. The van der Waals surface area contributed by atoms with E-state index < -0.39 is 18.7 Å². The Balaban J connectivity index is 1.66. The molecule has 0 aliphatic heterocycles. The molecule has 152 valence electrons. The van der Waals surface area contributed by atoms with Crippen LogP contribution in [0.4, 0.5) is 18.9 Å². The summed E-state index contributed by atoms with van der Waals surface area (Å²) in [6.07, 6.45) is -1.44. The van der Waals surface area contributed by atoms with E-state index in [9.17, 15) is 18.0 Å². The molecule has 0 atom stereocenters. The summed E-state index contributed by atoms with van der Waals surface area (Å²) in [5, 5.41) is 7.77. The van der Waals surface area contributed by atoms with E-state index in [1.807, 2.05) is 0 Å². The predicted molar refractivity (Wildman–Crippen MR) is 104 cm³/mol. The molecule has 3 rings (SSSR count). The number of benzene rings is 2. The van der Waals surface area contributed by atoms with Crippen molar-refractivity contribution in [2.24, 2.45) is 0 Å². The second kappa shape index (κ2) is 8.75. The van der Waals surface area contributed by atoms with Gasteiger partial charge in [-0.2, -0.15) is 18.3 Å². The fraction of sp³-hybridized carbons (Fsp3) is 0.158. The van der Waals surface area contributed by atoms with Crippen LogP contribution in [0.1, 0.15) is 15.9 Å². The Bertz CT molecular complexity index is 1000. The molecule has 0 saturated heterocycles. The second-order valence-electron chi connectivity index (χ2n) is 6.01. The molecule has 1 heterocycles. The van der Waals surface area contributed by atoms with Gasteiger partial charge in [-0.25, -0.2) is 0 Å². The van der Waals surface area contributed by atoms with Crippen LogP contribution < -0.4 is 10.1 Å². The fourth-order valence-electron chi connectivity index (χ4n) is 2.46. The van der Waals surface area contributed by atoms with Crippen LogP contribution in [-0.2, 0) is 6.54 Å². The molecule has 0 radical (unpaired) electrons. The highest BCUT2D eigenvalue weighted by molar-refractivity contribution is 6.35. The summed E-state index contributed by atoms with van der Waals surface area (Å²) in [5.74, 6) is -0.572. The molecular weight excluding hydrogens is 430 g/mol. The van der Waals surface area contributed by atoms with Gasteiger partial charge in [-0.1, -0.05) is 35.3 Å². The van der Waals surface area contributed by atoms with E-state index in [0.29, 0.717) is 27.8 Å². The van der Waals surface area contributed by atoms with Gasteiger partial charge in [-0.15, -0.1) is 0 Å². The molecule has 10 heteroatoms. The summed E-state index contributed by atoms with van der Waals surface area (Å²) in [6, 6.07) is 10.6. The predicted octanol–water partition coefficient (Wildman–Crippen LogP) is 5.43. The van der Waals surface area contributed by atoms with Crippen molar-refractivity contribution in [3.8, 4) is 5.75 Å². The topological polar surface area (TPSA) is 56.2 Å². The van der Waals surface area contributed by atoms with Crippen molar-refractivity contribution in [3.63, 3.8) is 0 Å². The summed E-state index contributed by atoms with van der Waals surface area (Å²) < 4.78 is 43.0. The zero-order valence-corrected chi connectivity index (χ0v) is 16.2. The van der Waals surface area contributed by atoms with E-state index in [1.165, 1.54) is 30.5 Å². The lowest BCUT2D eigenvalue weighted by Gasteiger charge is -2.10. The van der Waals surface area contributed by atoms with Gasteiger partial charge < -0.3 is 10.1 Å². The fourth-order valence-corrected chi connectivity index (χ4v) is 2.97. The smallest absolute Gasteiger partial charge is 0.422 e. The highest BCUT2D eigenvalue weighted by Crippen LogP contribution is 2.25. The molecule has 1 aromatic heterocycles. The summed E-state index contributed by atoms with van der Waals surface area (Å²) in [6.45, 7) is -1.13. The normalized spacial score (nSPS) is 11.3. The molecule has 2 aromatic carbocycles. The lowest BCUT2D eigenvalue weighted by atomic mass is 10.2. The third-order valence-corrected chi connectivity index (χ3v) is 4.48. The number of hydrogen-bond acceptors (Lipinski definition) is 3. The highest BCUT2D eigenvalue weighted by Gasteiger charge is 2.28. The number of alkyl halides is 3. The molecule has 0 spiro atoms. The van der Waals surface area contributed by atoms with Gasteiger partial charge in [0.15, 0.2) is 6.61 Å². The third-order valence-electron chi connectivity index (χ3n) is 3.77. The first-order chi connectivity index (χ1) is 13.7. The Kier molecular flexibility index (Phi) is 6.34. The van der Waals surface area contributed by atoms with Gasteiger partial charge in [0.2, 0.25) is 0 Å². The Morgan fingerprint density at radius 2 is 1.83 bits per heavy atom. The van der Waals surface area contributed by atoms with Gasteiger partial charge in [0.05, 0.1) is 18.4 Å². The molecule has 1 amide bonds. The number of ether oxygens (including phenoxy) is 1. The minimum atomic E-state index is -4.46. The molecule has 0 fully saturated rings. The molecule has 0 aliphatic rings. The lowest BCUT2D eigenvalue weighted by molar-refractivity contribution is -0.153. The first kappa shape index (κ1) is 21.0. The molecule has 0 unspecified atom stereocenters. The SMILES string of the molecule is O=C(Nc1cnn(Cc2c(Cl)cccc2Cl)c1)c1cccc(OCC(F)(F)F)c1. The number of amides is 1. The van der Waals surface area contributed by atoms with Gasteiger partial charge in [0.1, 0.15) is 5.75 Å². The molecule has 1 N–H and O–H groups in total. The van der Waals surface area contributed by atoms with Crippen molar-refractivity contribution in [3.05, 3.63) is 76.0 Å². The van der Waals surface area contributed by atoms with Crippen LogP contribution in [0, 0.1) is 0 Å². The third kappa shape index (κ3) is 5.88. The number of aromatic nitrogens is 2. The first-order valence-corrected chi connectivity index (χ1v) is 9.03. The Morgan fingerprint density at radius 3 is 2.52 bits per heavy atom. The van der Waals surface area contributed by atoms with Gasteiger partial charge >= 0.3 is 6.18 Å². The van der Waals surface area contributed by atoms with E-state index in [2.05, 4.69) is 15.2 Å². The molecule has 5 nitrogen and oxygen atoms in total. The minimum absolute atomic E-state index is 0.0565. The van der Waals surface area contributed by atoms with Crippen molar-refractivity contribution < 1.29 is 22.7 Å². The number of hydrogen-bond donors (Lipinski definition) is 1. The van der Waals surface area contributed by atoms with Crippen molar-refractivity contribution >= 4 is 34.8 Å². The van der Waals surface area contributed by atoms with E-state index in [1.54, 1.807) is 29.1 Å². The van der Waals surface area contributed by atoms with Crippen molar-refractivity contribution in [2.45, 2.75) is 12.7 Å². The largest absolute Gasteiger partial charge is 0.484 e. The molecule has 0 saturated carbocycles. The van der Waals surface area contributed by atoms with Crippen molar-refractivity contribution in [1.29, 1.82) is 0 Å². The van der Waals surface area contributed by atoms with Crippen molar-refractivity contribution in [1.82, 2.24) is 9.78 Å². The van der Waals surface area contributed by atoms with E-state index in [4.69, 9.17) is 23.2 Å². The van der Waals surface area contributed by atoms with Crippen LogP contribution in [0.5, 0.6) is 5.75 Å². The number of carbonyl (C=O) groups excluding carboxylic acids is 1. The maximum absolute atomic E-state index is 12.4. The Morgan fingerprint density at radius 1 is 1.14 bits per heavy atom. The van der Waals surface area contributed by atoms with E-state index >= 15 is 0 Å². The number of rotatable bonds is 6. The number of carbonyl (C=O) groups is 1. The molecule has 29 heavy (non-hydrogen) atoms. The van der Waals surface area contributed by atoms with Crippen LogP contribution in [0.3, 0.4) is 0 Å². The molecule has 0 aliphatic carbocycles. The zero-order valence-electron chi connectivity index (χ0n) is 14.7. The number of halogens is 5. The van der Waals surface area contributed by atoms with Crippen molar-refractivity contribution in [2.75, 3.05) is 11.9 Å². The first-order valence-electron chi connectivity index (χ1n) is 8.27. The van der Waals surface area contributed by atoms with Gasteiger partial charge in [0.25, 0.3) is 5.91 Å². The van der Waals surface area contributed by atoms with Crippen LogP contribution in [-0.4, -0.2) is 28.5 Å². The Hall–Kier alpha value is -2.71. The summed E-state index contributed by atoms with van der Waals surface area (Å²) >= 11 is 12.3. The minimum Gasteiger partial charge on any atom is -0.484 e. The summed E-state index contributed by atoms with van der Waals surface area (Å²) in [4.78, 5) is 12.4. The maximum atomic E-state index is 12.4. The number of nitrogens with one attached hydrogen (secondary N) is 1. The standard InChI is InChI=1S/C19H14Cl2F3N3O2/c20-16-5-2-6-17(21)15(16)10-27-9-13(8-25-27)26-18(28)12-3-1-4-14(7-12)29-11-19(22,23)24/h1-9H,10-11H2,(H,26,28). The monoisotopic (exact) mass is 443 g/mol. The van der Waals surface area contributed by atoms with Crippen LogP contribution in [0.15, 0.2) is 54.9 Å². The van der Waals surface area contributed by atoms with E-state index in [-0.39, 0.29) is 11.3 Å². The molecule has 0 bridgehead atoms. The van der Waals surface area contributed by atoms with Gasteiger partial charge in [0, 0.05) is 27.4 Å². The summed E-state index contributed by atoms with van der Waals surface area (Å²) in [7, 11) is 0. The highest BCUT2D eigenvalue weighted by atomic mass is 35.5. The van der Waals surface area contributed by atoms with Crippen LogP contribution in [0.25, 0.3) is 0 Å². The molecular formula is C19H14Cl2F3N3O2. The van der Waals surface area contributed by atoms with Crippen LogP contribution in [0.2, 0.25) is 10.0 Å². The average Bonchev–Trinajstić information content (AvgIpc) is 3.10. The van der Waals surface area contributed by atoms with Gasteiger partial charge in [-0.05, 0) is 30.3 Å². The van der Waals surface area contributed by atoms with Crippen LogP contribution >= 0.6 is 23.2 Å². The lowest BCUT2D eigenvalue weighted by Crippen LogP contribution is -2.19. The maximum Gasteiger partial charge on any atom is 0.422 e. The quantitative estimate of drug-likeness (QED) is 0.552. The average molecular weight is 444 g/mol. The summed E-state index contributed by atoms with van der Waals surface area (Å²) in [5.41, 5.74) is 1.23. The number of nitrogens with zero attached hydrogens (tertiary/aromatic N) is 2.